The maximum Gasteiger partial charge on any atom is 0.169 e. The van der Waals surface area contributed by atoms with Crippen molar-refractivity contribution in [3.63, 3.8) is 0 Å². The lowest BCUT2D eigenvalue weighted by molar-refractivity contribution is 0.0993. The molecule has 1 aliphatic rings. The van der Waals surface area contributed by atoms with E-state index in [-0.39, 0.29) is 5.78 Å². The molecule has 3 aromatic carbocycles. The van der Waals surface area contributed by atoms with Crippen molar-refractivity contribution in [3.8, 4) is 0 Å². The molecule has 0 aliphatic heterocycles. The Bertz CT molecular complexity index is 906. The zero-order valence-electron chi connectivity index (χ0n) is 10.9. The molecule has 1 aliphatic carbocycles. The minimum atomic E-state index is 0.112. The number of Topliss-reactive ketones (excluding diaryl/α,β-unsaturated/α-hetero) is 1. The molecule has 0 fully saturated rings. The van der Waals surface area contributed by atoms with Crippen molar-refractivity contribution in [2.45, 2.75) is 6.42 Å². The van der Waals surface area contributed by atoms with Crippen molar-refractivity contribution >= 4 is 33.4 Å². The van der Waals surface area contributed by atoms with Gasteiger partial charge in [-0.05, 0) is 45.3 Å². The molecule has 0 amide bonds. The van der Waals surface area contributed by atoms with Gasteiger partial charge in [0.2, 0.25) is 0 Å². The van der Waals surface area contributed by atoms with Gasteiger partial charge in [-0.1, -0.05) is 36.4 Å². The summed E-state index contributed by atoms with van der Waals surface area (Å²) in [5.74, 6) is 0.112. The summed E-state index contributed by atoms with van der Waals surface area (Å²) in [5, 5.41) is 4.47. The molecule has 0 radical (unpaired) electrons. The summed E-state index contributed by atoms with van der Waals surface area (Å²) in [6.45, 7) is 0. The number of carbonyl (C=O) groups is 1. The standard InChI is InChI=1S/C18H13NO/c19-15-8-14-6-5-13-7-11-3-1-2-4-12(11)9-16(13)18(14)17(20)10-15/h1-9H,10,19H2. The number of allylic oxidation sites excluding steroid dienone is 1. The van der Waals surface area contributed by atoms with Crippen LogP contribution in [-0.2, 0) is 0 Å². The lowest BCUT2D eigenvalue weighted by Crippen LogP contribution is -2.13. The molecule has 2 nitrogen and oxygen atoms in total. The van der Waals surface area contributed by atoms with Crippen LogP contribution in [0.5, 0.6) is 0 Å². The Morgan fingerprint density at radius 3 is 2.45 bits per heavy atom. The molecule has 20 heavy (non-hydrogen) atoms. The highest BCUT2D eigenvalue weighted by molar-refractivity contribution is 6.15. The quantitative estimate of drug-likeness (QED) is 0.622. The first-order chi connectivity index (χ1) is 9.72. The maximum absolute atomic E-state index is 12.3. The van der Waals surface area contributed by atoms with Gasteiger partial charge in [0.25, 0.3) is 0 Å². The summed E-state index contributed by atoms with van der Waals surface area (Å²) in [6.07, 6.45) is 2.23. The Labute approximate surface area is 116 Å². The molecule has 3 aromatic rings. The molecule has 96 valence electrons. The van der Waals surface area contributed by atoms with Crippen LogP contribution >= 0.6 is 0 Å². The lowest BCUT2D eigenvalue weighted by atomic mass is 9.88. The Morgan fingerprint density at radius 2 is 1.65 bits per heavy atom. The van der Waals surface area contributed by atoms with Gasteiger partial charge in [-0.2, -0.15) is 0 Å². The summed E-state index contributed by atoms with van der Waals surface area (Å²) in [7, 11) is 0. The Morgan fingerprint density at radius 1 is 0.900 bits per heavy atom. The molecule has 0 atom stereocenters. The highest BCUT2D eigenvalue weighted by Gasteiger charge is 2.19. The van der Waals surface area contributed by atoms with Crippen molar-refractivity contribution < 1.29 is 4.79 Å². The zero-order valence-corrected chi connectivity index (χ0v) is 10.9. The fraction of sp³-hybridized carbons (Fsp3) is 0.0556. The highest BCUT2D eigenvalue weighted by atomic mass is 16.1. The molecule has 2 heteroatoms. The zero-order chi connectivity index (χ0) is 13.7. The van der Waals surface area contributed by atoms with Gasteiger partial charge in [0.1, 0.15) is 0 Å². The van der Waals surface area contributed by atoms with E-state index in [9.17, 15) is 4.79 Å². The predicted molar refractivity (Wildman–Crippen MR) is 82.6 cm³/mol. The average Bonchev–Trinajstić information content (AvgIpc) is 2.44. The molecule has 2 N–H and O–H groups in total. The third kappa shape index (κ3) is 1.55. The van der Waals surface area contributed by atoms with E-state index in [0.29, 0.717) is 12.1 Å². The van der Waals surface area contributed by atoms with Gasteiger partial charge in [0, 0.05) is 11.3 Å². The van der Waals surface area contributed by atoms with E-state index < -0.39 is 0 Å². The van der Waals surface area contributed by atoms with Crippen LogP contribution in [0.2, 0.25) is 0 Å². The number of hydrogen-bond donors (Lipinski definition) is 1. The van der Waals surface area contributed by atoms with Gasteiger partial charge >= 0.3 is 0 Å². The number of fused-ring (bicyclic) bond motifs is 4. The lowest BCUT2D eigenvalue weighted by Gasteiger charge is -2.16. The second kappa shape index (κ2) is 3.94. The average molecular weight is 259 g/mol. The summed E-state index contributed by atoms with van der Waals surface area (Å²) < 4.78 is 0. The molecule has 0 spiro atoms. The molecule has 0 saturated carbocycles. The summed E-state index contributed by atoms with van der Waals surface area (Å²) in [4.78, 5) is 12.3. The van der Waals surface area contributed by atoms with Crippen molar-refractivity contribution in [1.82, 2.24) is 0 Å². The van der Waals surface area contributed by atoms with Gasteiger partial charge < -0.3 is 5.73 Å². The van der Waals surface area contributed by atoms with Gasteiger partial charge in [-0.3, -0.25) is 4.79 Å². The highest BCUT2D eigenvalue weighted by Crippen LogP contribution is 2.32. The van der Waals surface area contributed by atoms with Gasteiger partial charge in [-0.15, -0.1) is 0 Å². The van der Waals surface area contributed by atoms with Crippen molar-refractivity contribution in [1.29, 1.82) is 0 Å². The second-order valence-electron chi connectivity index (χ2n) is 5.27. The summed E-state index contributed by atoms with van der Waals surface area (Å²) >= 11 is 0. The van der Waals surface area contributed by atoms with Crippen LogP contribution in [0.25, 0.3) is 27.6 Å². The fourth-order valence-electron chi connectivity index (χ4n) is 2.99. The molecule has 0 aromatic heterocycles. The van der Waals surface area contributed by atoms with E-state index in [1.54, 1.807) is 0 Å². The van der Waals surface area contributed by atoms with Crippen molar-refractivity contribution in [2.24, 2.45) is 5.73 Å². The van der Waals surface area contributed by atoms with Crippen LogP contribution in [0, 0.1) is 0 Å². The number of nitrogens with two attached hydrogens (primary N) is 1. The van der Waals surface area contributed by atoms with Crippen molar-refractivity contribution in [2.75, 3.05) is 0 Å². The Kier molecular flexibility index (Phi) is 2.21. The largest absolute Gasteiger partial charge is 0.402 e. The first kappa shape index (κ1) is 11.2. The van der Waals surface area contributed by atoms with Crippen LogP contribution < -0.4 is 5.73 Å². The normalized spacial score (nSPS) is 14.4. The predicted octanol–water partition coefficient (Wildman–Crippen LogP) is 3.88. The smallest absolute Gasteiger partial charge is 0.169 e. The van der Waals surface area contributed by atoms with Crippen LogP contribution in [0.3, 0.4) is 0 Å². The first-order valence-corrected chi connectivity index (χ1v) is 6.67. The van der Waals surface area contributed by atoms with Gasteiger partial charge in [0.05, 0.1) is 6.42 Å². The third-order valence-electron chi connectivity index (χ3n) is 3.90. The number of hydrogen-bond acceptors (Lipinski definition) is 2. The topological polar surface area (TPSA) is 43.1 Å². The number of benzene rings is 3. The van der Waals surface area contributed by atoms with Crippen LogP contribution in [-0.4, -0.2) is 5.78 Å². The minimum Gasteiger partial charge on any atom is -0.402 e. The summed E-state index contributed by atoms with van der Waals surface area (Å²) in [5.41, 5.74) is 8.20. The molecule has 4 rings (SSSR count). The minimum absolute atomic E-state index is 0.112. The van der Waals surface area contributed by atoms with E-state index in [1.807, 2.05) is 24.3 Å². The number of ketones is 1. The second-order valence-corrected chi connectivity index (χ2v) is 5.27. The van der Waals surface area contributed by atoms with Gasteiger partial charge in [-0.25, -0.2) is 0 Å². The fourth-order valence-corrected chi connectivity index (χ4v) is 2.99. The number of rotatable bonds is 0. The van der Waals surface area contributed by atoms with Gasteiger partial charge in [0.15, 0.2) is 5.78 Å². The summed E-state index contributed by atoms with van der Waals surface area (Å²) in [6, 6.07) is 16.5. The molecule has 0 bridgehead atoms. The van der Waals surface area contributed by atoms with Crippen LogP contribution in [0.15, 0.2) is 54.2 Å². The third-order valence-corrected chi connectivity index (χ3v) is 3.90. The molecule has 0 heterocycles. The van der Waals surface area contributed by atoms with Crippen LogP contribution in [0.4, 0.5) is 0 Å². The monoisotopic (exact) mass is 259 g/mol. The first-order valence-electron chi connectivity index (χ1n) is 6.67. The van der Waals surface area contributed by atoms with Crippen molar-refractivity contribution in [3.05, 3.63) is 65.4 Å². The van der Waals surface area contributed by atoms with Crippen LogP contribution in [0.1, 0.15) is 22.3 Å². The maximum atomic E-state index is 12.3. The van der Waals surface area contributed by atoms with E-state index in [2.05, 4.69) is 30.3 Å². The molecule has 0 unspecified atom stereocenters. The molecule has 0 saturated heterocycles. The van der Waals surface area contributed by atoms with E-state index in [0.717, 1.165) is 27.3 Å². The van der Waals surface area contributed by atoms with E-state index in [1.165, 1.54) is 5.39 Å². The molecular formula is C18H13NO. The van der Waals surface area contributed by atoms with E-state index in [4.69, 9.17) is 5.73 Å². The number of carbonyl (C=O) groups excluding carboxylic acids is 1. The van der Waals surface area contributed by atoms with E-state index >= 15 is 0 Å². The Balaban J connectivity index is 2.15. The molecular weight excluding hydrogens is 246 g/mol. The SMILES string of the molecule is NC1=Cc2ccc3cc4ccccc4cc3c2C(=O)C1. The Hall–Kier alpha value is -2.61.